The summed E-state index contributed by atoms with van der Waals surface area (Å²) in [5.41, 5.74) is 1.49. The van der Waals surface area contributed by atoms with Crippen LogP contribution in [-0.2, 0) is 0 Å². The van der Waals surface area contributed by atoms with Gasteiger partial charge in [0.15, 0.2) is 5.13 Å². The van der Waals surface area contributed by atoms with E-state index in [2.05, 4.69) is 23.3 Å². The maximum Gasteiger partial charge on any atom is 0.183 e. The van der Waals surface area contributed by atoms with Gasteiger partial charge in [0.1, 0.15) is 5.75 Å². The first-order chi connectivity index (χ1) is 9.68. The molecule has 1 aromatic carbocycles. The Kier molecular flexibility index (Phi) is 3.83. The Labute approximate surface area is 124 Å². The zero-order valence-corrected chi connectivity index (χ0v) is 13.1. The molecule has 1 N–H and O–H groups in total. The fourth-order valence-electron chi connectivity index (χ4n) is 2.98. The van der Waals surface area contributed by atoms with Crippen LogP contribution in [0, 0.1) is 5.41 Å². The van der Waals surface area contributed by atoms with Crippen molar-refractivity contribution in [2.45, 2.75) is 39.0 Å². The van der Waals surface area contributed by atoms with Gasteiger partial charge in [0.25, 0.3) is 0 Å². The number of ether oxygens (including phenoxy) is 1. The van der Waals surface area contributed by atoms with Gasteiger partial charge in [-0.1, -0.05) is 37.5 Å². The third kappa shape index (κ3) is 2.90. The van der Waals surface area contributed by atoms with E-state index in [-0.39, 0.29) is 0 Å². The molecule has 1 saturated carbocycles. The third-order valence-corrected chi connectivity index (χ3v) is 5.30. The smallest absolute Gasteiger partial charge is 0.183 e. The molecule has 0 amide bonds. The second-order valence-corrected chi connectivity index (χ2v) is 7.11. The number of hydrogen-bond donors (Lipinski definition) is 1. The van der Waals surface area contributed by atoms with Gasteiger partial charge in [0, 0.05) is 6.54 Å². The quantitative estimate of drug-likeness (QED) is 0.887. The van der Waals surface area contributed by atoms with E-state index in [9.17, 15) is 0 Å². The summed E-state index contributed by atoms with van der Waals surface area (Å²) in [5.74, 6) is 0.895. The van der Waals surface area contributed by atoms with E-state index >= 15 is 0 Å². The van der Waals surface area contributed by atoms with Crippen LogP contribution in [0.15, 0.2) is 18.2 Å². The topological polar surface area (TPSA) is 34.1 Å². The van der Waals surface area contributed by atoms with E-state index in [0.29, 0.717) is 5.41 Å². The first-order valence-corrected chi connectivity index (χ1v) is 8.19. The molecule has 20 heavy (non-hydrogen) atoms. The summed E-state index contributed by atoms with van der Waals surface area (Å²) in [6.45, 7) is 3.43. The molecule has 1 aromatic heterocycles. The number of hydrogen-bond acceptors (Lipinski definition) is 4. The Morgan fingerprint density at radius 3 is 2.85 bits per heavy atom. The molecule has 0 saturated heterocycles. The molecule has 0 unspecified atom stereocenters. The molecule has 108 valence electrons. The summed E-state index contributed by atoms with van der Waals surface area (Å²) >= 11 is 1.71. The summed E-state index contributed by atoms with van der Waals surface area (Å²) < 4.78 is 6.44. The van der Waals surface area contributed by atoms with Gasteiger partial charge < -0.3 is 10.1 Å². The number of aromatic nitrogens is 1. The molecule has 0 radical (unpaired) electrons. The van der Waals surface area contributed by atoms with Crippen LogP contribution in [0.3, 0.4) is 0 Å². The van der Waals surface area contributed by atoms with Crippen molar-refractivity contribution < 1.29 is 4.74 Å². The van der Waals surface area contributed by atoms with E-state index in [4.69, 9.17) is 4.74 Å². The van der Waals surface area contributed by atoms with Gasteiger partial charge in [-0.05, 0) is 36.5 Å². The molecule has 0 aliphatic heterocycles. The highest BCUT2D eigenvalue weighted by Crippen LogP contribution is 2.36. The molecule has 0 bridgehead atoms. The summed E-state index contributed by atoms with van der Waals surface area (Å²) in [7, 11) is 1.70. The number of anilines is 1. The molecular formula is C16H22N2OS. The van der Waals surface area contributed by atoms with E-state index in [1.54, 1.807) is 18.4 Å². The van der Waals surface area contributed by atoms with Crippen molar-refractivity contribution in [3.8, 4) is 5.75 Å². The number of nitrogens with one attached hydrogen (secondary N) is 1. The summed E-state index contributed by atoms with van der Waals surface area (Å²) in [5, 5.41) is 4.58. The fourth-order valence-corrected chi connectivity index (χ4v) is 3.87. The highest BCUT2D eigenvalue weighted by molar-refractivity contribution is 7.22. The van der Waals surface area contributed by atoms with Gasteiger partial charge in [-0.15, -0.1) is 0 Å². The molecule has 0 atom stereocenters. The number of fused-ring (bicyclic) bond motifs is 1. The second kappa shape index (κ2) is 5.60. The Balaban J connectivity index is 1.71. The summed E-state index contributed by atoms with van der Waals surface area (Å²) in [4.78, 5) is 4.66. The van der Waals surface area contributed by atoms with E-state index in [1.165, 1.54) is 36.8 Å². The molecule has 2 aromatic rings. The van der Waals surface area contributed by atoms with Gasteiger partial charge in [-0.25, -0.2) is 4.98 Å². The molecule has 1 aliphatic rings. The number of rotatable bonds is 4. The average Bonchev–Trinajstić information content (AvgIpc) is 2.88. The monoisotopic (exact) mass is 290 g/mol. The van der Waals surface area contributed by atoms with Crippen LogP contribution < -0.4 is 10.1 Å². The summed E-state index contributed by atoms with van der Waals surface area (Å²) in [6, 6.07) is 6.05. The van der Waals surface area contributed by atoms with Crippen LogP contribution in [0.25, 0.3) is 10.2 Å². The van der Waals surface area contributed by atoms with Gasteiger partial charge in [-0.2, -0.15) is 0 Å². The Hall–Kier alpha value is -1.29. The molecule has 4 heteroatoms. The lowest BCUT2D eigenvalue weighted by Gasteiger charge is -2.33. The number of thiazole rings is 1. The molecule has 3 nitrogen and oxygen atoms in total. The SMILES string of the molecule is COc1ccc2nc(NCC3(C)CCCCC3)sc2c1. The fraction of sp³-hybridized carbons (Fsp3) is 0.562. The zero-order valence-electron chi connectivity index (χ0n) is 12.2. The van der Waals surface area contributed by atoms with Crippen molar-refractivity contribution >= 4 is 26.7 Å². The third-order valence-electron chi connectivity index (χ3n) is 4.32. The van der Waals surface area contributed by atoms with E-state index in [0.717, 1.165) is 22.9 Å². The molecule has 1 aliphatic carbocycles. The van der Waals surface area contributed by atoms with Crippen molar-refractivity contribution in [2.24, 2.45) is 5.41 Å². The number of benzene rings is 1. The minimum absolute atomic E-state index is 0.438. The van der Waals surface area contributed by atoms with Gasteiger partial charge in [0.2, 0.25) is 0 Å². The van der Waals surface area contributed by atoms with Gasteiger partial charge in [0.05, 0.1) is 17.3 Å². The lowest BCUT2D eigenvalue weighted by molar-refractivity contribution is 0.233. The van der Waals surface area contributed by atoms with Crippen molar-refractivity contribution in [1.82, 2.24) is 4.98 Å². The van der Waals surface area contributed by atoms with Crippen molar-refractivity contribution in [3.05, 3.63) is 18.2 Å². The molecule has 1 heterocycles. The van der Waals surface area contributed by atoms with Crippen molar-refractivity contribution in [3.63, 3.8) is 0 Å². The molecular weight excluding hydrogens is 268 g/mol. The zero-order chi connectivity index (χ0) is 14.0. The second-order valence-electron chi connectivity index (χ2n) is 6.08. The highest BCUT2D eigenvalue weighted by atomic mass is 32.1. The van der Waals surface area contributed by atoms with Crippen LogP contribution in [0.1, 0.15) is 39.0 Å². The highest BCUT2D eigenvalue weighted by Gasteiger charge is 2.26. The molecule has 3 rings (SSSR count). The molecule has 1 fully saturated rings. The van der Waals surface area contributed by atoms with Crippen LogP contribution in [-0.4, -0.2) is 18.6 Å². The minimum atomic E-state index is 0.438. The minimum Gasteiger partial charge on any atom is -0.497 e. The van der Waals surface area contributed by atoms with Gasteiger partial charge in [-0.3, -0.25) is 0 Å². The number of nitrogens with zero attached hydrogens (tertiary/aromatic N) is 1. The normalized spacial score (nSPS) is 18.1. The summed E-state index contributed by atoms with van der Waals surface area (Å²) in [6.07, 6.45) is 6.80. The van der Waals surface area contributed by atoms with Crippen LogP contribution >= 0.6 is 11.3 Å². The Morgan fingerprint density at radius 1 is 1.30 bits per heavy atom. The van der Waals surface area contributed by atoms with Gasteiger partial charge >= 0.3 is 0 Å². The lowest BCUT2D eigenvalue weighted by atomic mass is 9.76. The van der Waals surface area contributed by atoms with E-state index in [1.807, 2.05) is 12.1 Å². The van der Waals surface area contributed by atoms with Crippen LogP contribution in [0.2, 0.25) is 0 Å². The van der Waals surface area contributed by atoms with Crippen molar-refractivity contribution in [2.75, 3.05) is 19.0 Å². The standard InChI is InChI=1S/C16H22N2OS/c1-16(8-4-3-5-9-16)11-17-15-18-13-7-6-12(19-2)10-14(13)20-15/h6-7,10H,3-5,8-9,11H2,1-2H3,(H,17,18). The Morgan fingerprint density at radius 2 is 2.10 bits per heavy atom. The lowest BCUT2D eigenvalue weighted by Crippen LogP contribution is -2.28. The maximum absolute atomic E-state index is 5.26. The predicted octanol–water partition coefficient (Wildman–Crippen LogP) is 4.69. The average molecular weight is 290 g/mol. The largest absolute Gasteiger partial charge is 0.497 e. The number of methoxy groups -OCH3 is 1. The Bertz CT molecular complexity index is 587. The molecule has 0 spiro atoms. The van der Waals surface area contributed by atoms with Crippen LogP contribution in [0.4, 0.5) is 5.13 Å². The van der Waals surface area contributed by atoms with Crippen molar-refractivity contribution in [1.29, 1.82) is 0 Å². The van der Waals surface area contributed by atoms with E-state index < -0.39 is 0 Å². The predicted molar refractivity (Wildman–Crippen MR) is 85.9 cm³/mol. The maximum atomic E-state index is 5.26. The first kappa shape index (κ1) is 13.7. The van der Waals surface area contributed by atoms with Crippen LogP contribution in [0.5, 0.6) is 5.75 Å². The first-order valence-electron chi connectivity index (χ1n) is 7.37.